The van der Waals surface area contributed by atoms with Gasteiger partial charge in [0.1, 0.15) is 5.84 Å². The molecule has 24 heavy (non-hydrogen) atoms. The quantitative estimate of drug-likeness (QED) is 0.711. The molecule has 2 heterocycles. The van der Waals surface area contributed by atoms with E-state index in [0.29, 0.717) is 5.02 Å². The molecule has 4 nitrogen and oxygen atoms in total. The van der Waals surface area contributed by atoms with Crippen LogP contribution in [0.15, 0.2) is 47.5 Å². The second-order valence-corrected chi connectivity index (χ2v) is 6.49. The number of nitrogens with zero attached hydrogens (tertiary/aromatic N) is 3. The largest absolute Gasteiger partial charge is 0.353 e. The SMILES string of the molecule is CN1CCN(C2=Nc3cc(Cl)ccc3Nc3ccccc32)CC1.[Y]. The van der Waals surface area contributed by atoms with E-state index in [0.717, 1.165) is 54.6 Å². The molecule has 1 radical (unpaired) electrons. The number of nitrogens with one attached hydrogen (secondary N) is 1. The molecule has 2 aromatic carbocycles. The summed E-state index contributed by atoms with van der Waals surface area (Å²) < 4.78 is 0. The molecule has 2 aliphatic heterocycles. The monoisotopic (exact) mass is 415 g/mol. The standard InChI is InChI=1S/C18H19ClN4.Y/c1-22-8-10-23(11-9-22)18-14-4-2-3-5-15(14)20-16-7-6-13(19)12-17(16)21-18;/h2-7,12,20H,8-11H2,1H3;. The van der Waals surface area contributed by atoms with Gasteiger partial charge in [0.15, 0.2) is 0 Å². The third kappa shape index (κ3) is 3.52. The Morgan fingerprint density at radius 2 is 1.75 bits per heavy atom. The summed E-state index contributed by atoms with van der Waals surface area (Å²) in [4.78, 5) is 9.69. The van der Waals surface area contributed by atoms with Crippen molar-refractivity contribution in [3.05, 3.63) is 53.1 Å². The maximum Gasteiger partial charge on any atom is 0.138 e. The van der Waals surface area contributed by atoms with Gasteiger partial charge in [-0.1, -0.05) is 23.7 Å². The Morgan fingerprint density at radius 3 is 2.54 bits per heavy atom. The summed E-state index contributed by atoms with van der Waals surface area (Å²) in [6, 6.07) is 14.2. The Bertz CT molecular complexity index is 769. The Hall–Kier alpha value is -0.936. The zero-order chi connectivity index (χ0) is 15.8. The molecule has 121 valence electrons. The summed E-state index contributed by atoms with van der Waals surface area (Å²) in [6.07, 6.45) is 0. The Balaban J connectivity index is 0.00000169. The molecule has 0 aromatic heterocycles. The molecule has 0 saturated carbocycles. The number of amidine groups is 1. The van der Waals surface area contributed by atoms with Gasteiger partial charge in [0.25, 0.3) is 0 Å². The van der Waals surface area contributed by atoms with Crippen molar-refractivity contribution >= 4 is 34.5 Å². The van der Waals surface area contributed by atoms with Crippen LogP contribution in [-0.4, -0.2) is 48.9 Å². The van der Waals surface area contributed by atoms with Crippen LogP contribution in [0.1, 0.15) is 5.56 Å². The van der Waals surface area contributed by atoms with Crippen LogP contribution in [0.4, 0.5) is 17.1 Å². The summed E-state index contributed by atoms with van der Waals surface area (Å²) in [6.45, 7) is 4.08. The fourth-order valence-electron chi connectivity index (χ4n) is 3.07. The van der Waals surface area contributed by atoms with Crippen LogP contribution in [0.5, 0.6) is 0 Å². The van der Waals surface area contributed by atoms with Crippen molar-refractivity contribution in [1.29, 1.82) is 0 Å². The van der Waals surface area contributed by atoms with E-state index >= 15 is 0 Å². The second kappa shape index (κ2) is 7.53. The van der Waals surface area contributed by atoms with Crippen LogP contribution in [0, 0.1) is 0 Å². The number of halogens is 1. The van der Waals surface area contributed by atoms with Gasteiger partial charge in [-0.3, -0.25) is 0 Å². The zero-order valence-corrected chi connectivity index (χ0v) is 17.3. The van der Waals surface area contributed by atoms with E-state index in [1.54, 1.807) is 0 Å². The van der Waals surface area contributed by atoms with Crippen LogP contribution in [0.25, 0.3) is 0 Å². The summed E-state index contributed by atoms with van der Waals surface area (Å²) in [7, 11) is 2.16. The minimum absolute atomic E-state index is 0. The molecule has 1 N–H and O–H groups in total. The molecule has 0 bridgehead atoms. The summed E-state index contributed by atoms with van der Waals surface area (Å²) in [5, 5.41) is 4.20. The van der Waals surface area contributed by atoms with Crippen molar-refractivity contribution in [3.8, 4) is 0 Å². The fourth-order valence-corrected chi connectivity index (χ4v) is 3.24. The van der Waals surface area contributed by atoms with Gasteiger partial charge in [0.05, 0.1) is 11.4 Å². The predicted molar refractivity (Wildman–Crippen MR) is 96.4 cm³/mol. The molecule has 2 aromatic rings. The number of rotatable bonds is 0. The molecule has 0 aliphatic carbocycles. The Morgan fingerprint density at radius 1 is 1.00 bits per heavy atom. The van der Waals surface area contributed by atoms with Gasteiger partial charge in [-0.05, 0) is 37.4 Å². The Labute approximate surface area is 172 Å². The predicted octanol–water partition coefficient (Wildman–Crippen LogP) is 3.72. The van der Waals surface area contributed by atoms with Crippen LogP contribution in [0.3, 0.4) is 0 Å². The molecule has 1 saturated heterocycles. The normalized spacial score (nSPS) is 16.9. The topological polar surface area (TPSA) is 30.9 Å². The number of hydrogen-bond acceptors (Lipinski definition) is 4. The van der Waals surface area contributed by atoms with Gasteiger partial charge in [-0.15, -0.1) is 0 Å². The van der Waals surface area contributed by atoms with Crippen LogP contribution in [0.2, 0.25) is 5.02 Å². The molecule has 0 spiro atoms. The number of likely N-dealkylation sites (N-methyl/N-ethyl adjacent to an activating group) is 1. The van der Waals surface area contributed by atoms with Gasteiger partial charge in [-0.25, -0.2) is 4.99 Å². The van der Waals surface area contributed by atoms with E-state index in [-0.39, 0.29) is 32.7 Å². The van der Waals surface area contributed by atoms with Crippen LogP contribution >= 0.6 is 11.6 Å². The molecular formula is C18H19ClN4Y. The third-order valence-corrected chi connectivity index (χ3v) is 4.66. The minimum atomic E-state index is 0. The first-order valence-corrected chi connectivity index (χ1v) is 8.27. The summed E-state index contributed by atoms with van der Waals surface area (Å²) in [5.41, 5.74) is 4.12. The molecule has 0 amide bonds. The summed E-state index contributed by atoms with van der Waals surface area (Å²) in [5.74, 6) is 1.03. The van der Waals surface area contributed by atoms with E-state index in [2.05, 4.69) is 40.4 Å². The Kier molecular flexibility index (Phi) is 5.61. The number of aliphatic imine (C=N–C) groups is 1. The maximum absolute atomic E-state index is 6.18. The number of para-hydroxylation sites is 1. The van der Waals surface area contributed by atoms with Crippen LogP contribution in [-0.2, 0) is 32.7 Å². The molecular weight excluding hydrogens is 397 g/mol. The van der Waals surface area contributed by atoms with Crippen molar-refractivity contribution in [3.63, 3.8) is 0 Å². The van der Waals surface area contributed by atoms with Crippen molar-refractivity contribution in [2.75, 3.05) is 38.5 Å². The van der Waals surface area contributed by atoms with E-state index in [1.807, 2.05) is 24.3 Å². The van der Waals surface area contributed by atoms with Gasteiger partial charge in [-0.2, -0.15) is 0 Å². The second-order valence-electron chi connectivity index (χ2n) is 6.06. The third-order valence-electron chi connectivity index (χ3n) is 4.43. The van der Waals surface area contributed by atoms with Gasteiger partial charge >= 0.3 is 0 Å². The van der Waals surface area contributed by atoms with E-state index < -0.39 is 0 Å². The summed E-state index contributed by atoms with van der Waals surface area (Å²) >= 11 is 6.18. The van der Waals surface area contributed by atoms with Gasteiger partial charge < -0.3 is 15.1 Å². The first-order chi connectivity index (χ1) is 11.2. The smallest absolute Gasteiger partial charge is 0.138 e. The molecule has 0 unspecified atom stereocenters. The van der Waals surface area contributed by atoms with Crippen molar-refractivity contribution in [2.24, 2.45) is 4.99 Å². The first-order valence-electron chi connectivity index (χ1n) is 7.89. The van der Waals surface area contributed by atoms with Crippen LogP contribution < -0.4 is 5.32 Å². The zero-order valence-electron chi connectivity index (χ0n) is 13.7. The maximum atomic E-state index is 6.18. The minimum Gasteiger partial charge on any atom is -0.353 e. The van der Waals surface area contributed by atoms with Crippen molar-refractivity contribution in [2.45, 2.75) is 0 Å². The number of anilines is 2. The van der Waals surface area contributed by atoms with E-state index in [9.17, 15) is 0 Å². The van der Waals surface area contributed by atoms with Crippen molar-refractivity contribution in [1.82, 2.24) is 9.80 Å². The number of fused-ring (bicyclic) bond motifs is 2. The first kappa shape index (κ1) is 17.9. The molecule has 6 heteroatoms. The molecule has 4 rings (SSSR count). The molecule has 1 fully saturated rings. The number of benzene rings is 2. The van der Waals surface area contributed by atoms with Crippen molar-refractivity contribution < 1.29 is 32.7 Å². The number of hydrogen-bond donors (Lipinski definition) is 1. The molecule has 0 atom stereocenters. The average molecular weight is 416 g/mol. The van der Waals surface area contributed by atoms with Gasteiger partial charge in [0, 0.05) is 75.2 Å². The fraction of sp³-hybridized carbons (Fsp3) is 0.278. The van der Waals surface area contributed by atoms with Gasteiger partial charge in [0.2, 0.25) is 0 Å². The number of piperazine rings is 1. The molecule has 2 aliphatic rings. The van der Waals surface area contributed by atoms with E-state index in [4.69, 9.17) is 16.6 Å². The average Bonchev–Trinajstić information content (AvgIpc) is 2.72. The van der Waals surface area contributed by atoms with E-state index in [1.165, 1.54) is 0 Å².